The summed E-state index contributed by atoms with van der Waals surface area (Å²) in [4.78, 5) is 33.0. The zero-order chi connectivity index (χ0) is 17.4. The van der Waals surface area contributed by atoms with E-state index in [1.54, 1.807) is 19.1 Å². The highest BCUT2D eigenvalue weighted by Gasteiger charge is 2.43. The monoisotopic (exact) mass is 354 g/mol. The Morgan fingerprint density at radius 2 is 1.96 bits per heavy atom. The van der Waals surface area contributed by atoms with Gasteiger partial charge in [0.25, 0.3) is 5.91 Å². The van der Waals surface area contributed by atoms with Gasteiger partial charge in [0.05, 0.1) is 4.88 Å². The molecule has 25 heavy (non-hydrogen) atoms. The van der Waals surface area contributed by atoms with Crippen molar-refractivity contribution in [3.05, 3.63) is 53.7 Å². The number of carbonyl (C=O) groups excluding carboxylic acids is 2. The van der Waals surface area contributed by atoms with Crippen LogP contribution in [-0.2, 0) is 11.3 Å². The Labute approximate surface area is 147 Å². The lowest BCUT2D eigenvalue weighted by Gasteiger charge is -2.18. The van der Waals surface area contributed by atoms with E-state index in [-0.39, 0.29) is 24.4 Å². The molecular formula is C17H14N4O3S. The fourth-order valence-electron chi connectivity index (χ4n) is 2.75. The van der Waals surface area contributed by atoms with Crippen LogP contribution in [0.2, 0.25) is 0 Å². The van der Waals surface area contributed by atoms with Crippen molar-refractivity contribution in [3.63, 3.8) is 0 Å². The van der Waals surface area contributed by atoms with Crippen LogP contribution >= 0.6 is 11.3 Å². The Kier molecular flexibility index (Phi) is 3.81. The molecule has 0 saturated carbocycles. The van der Waals surface area contributed by atoms with Gasteiger partial charge in [-0.1, -0.05) is 29.4 Å². The van der Waals surface area contributed by atoms with Crippen LogP contribution in [0.15, 0.2) is 52.4 Å². The average molecular weight is 354 g/mol. The van der Waals surface area contributed by atoms with E-state index in [2.05, 4.69) is 10.1 Å². The zero-order valence-electron chi connectivity index (χ0n) is 13.3. The molecule has 4 rings (SSSR count). The molecule has 0 spiro atoms. The number of thiophene rings is 1. The van der Waals surface area contributed by atoms with Crippen LogP contribution in [0.25, 0.3) is 10.7 Å². The lowest BCUT2D eigenvalue weighted by molar-refractivity contribution is -0.127. The molecule has 1 unspecified atom stereocenters. The molecule has 3 aromatic rings. The number of aromatic nitrogens is 2. The first kappa shape index (κ1) is 15.5. The highest BCUT2D eigenvalue weighted by atomic mass is 32.1. The maximum absolute atomic E-state index is 12.7. The van der Waals surface area contributed by atoms with Crippen LogP contribution in [0.4, 0.5) is 10.5 Å². The molecule has 3 amide bonds. The number of nitrogens with zero attached hydrogens (tertiary/aromatic N) is 4. The van der Waals surface area contributed by atoms with Crippen molar-refractivity contribution in [2.75, 3.05) is 4.90 Å². The molecule has 1 aliphatic heterocycles. The number of hydrogen-bond acceptors (Lipinski definition) is 6. The second kappa shape index (κ2) is 6.14. The highest BCUT2D eigenvalue weighted by Crippen LogP contribution is 2.27. The number of anilines is 1. The molecule has 7 nitrogen and oxygen atoms in total. The van der Waals surface area contributed by atoms with Gasteiger partial charge in [0.2, 0.25) is 11.7 Å². The van der Waals surface area contributed by atoms with Gasteiger partial charge in [-0.25, -0.2) is 4.79 Å². The van der Waals surface area contributed by atoms with Crippen molar-refractivity contribution in [2.24, 2.45) is 0 Å². The van der Waals surface area contributed by atoms with Gasteiger partial charge in [0.1, 0.15) is 12.6 Å². The number of imide groups is 1. The van der Waals surface area contributed by atoms with E-state index < -0.39 is 6.04 Å². The largest absolute Gasteiger partial charge is 0.337 e. The Bertz CT molecular complexity index is 907. The lowest BCUT2D eigenvalue weighted by Crippen LogP contribution is -2.33. The van der Waals surface area contributed by atoms with E-state index in [1.807, 2.05) is 35.7 Å². The van der Waals surface area contributed by atoms with E-state index in [1.165, 1.54) is 16.2 Å². The summed E-state index contributed by atoms with van der Waals surface area (Å²) >= 11 is 1.49. The van der Waals surface area contributed by atoms with Crippen molar-refractivity contribution in [3.8, 4) is 10.7 Å². The minimum absolute atomic E-state index is 0.0380. The van der Waals surface area contributed by atoms with E-state index >= 15 is 0 Å². The summed E-state index contributed by atoms with van der Waals surface area (Å²) in [7, 11) is 0. The van der Waals surface area contributed by atoms with Crippen LogP contribution in [-0.4, -0.2) is 33.0 Å². The van der Waals surface area contributed by atoms with E-state index in [0.29, 0.717) is 11.5 Å². The van der Waals surface area contributed by atoms with Gasteiger partial charge in [-0.05, 0) is 30.5 Å². The number of rotatable bonds is 4. The standard InChI is InChI=1S/C17H14N4O3S/c1-11-16(22)20(17(23)21(11)12-6-3-2-4-7-12)10-14-18-15(19-24-14)13-8-5-9-25-13/h2-9,11H,10H2,1H3. The summed E-state index contributed by atoms with van der Waals surface area (Å²) in [6.07, 6.45) is 0. The minimum atomic E-state index is -0.574. The van der Waals surface area contributed by atoms with Gasteiger partial charge in [-0.15, -0.1) is 11.3 Å². The minimum Gasteiger partial charge on any atom is -0.337 e. The maximum atomic E-state index is 12.7. The first-order valence-corrected chi connectivity index (χ1v) is 8.59. The SMILES string of the molecule is CC1C(=O)N(Cc2nc(-c3cccs3)no2)C(=O)N1c1ccccc1. The van der Waals surface area contributed by atoms with Crippen LogP contribution in [0, 0.1) is 0 Å². The van der Waals surface area contributed by atoms with Gasteiger partial charge < -0.3 is 4.52 Å². The van der Waals surface area contributed by atoms with E-state index in [0.717, 1.165) is 9.78 Å². The van der Waals surface area contributed by atoms with E-state index in [4.69, 9.17) is 4.52 Å². The molecule has 3 heterocycles. The summed E-state index contributed by atoms with van der Waals surface area (Å²) in [5.74, 6) is 0.397. The molecule has 1 atom stereocenters. The molecule has 126 valence electrons. The second-order valence-corrected chi connectivity index (χ2v) is 6.53. The topological polar surface area (TPSA) is 79.5 Å². The van der Waals surface area contributed by atoms with Crippen molar-refractivity contribution in [2.45, 2.75) is 19.5 Å². The summed E-state index contributed by atoms with van der Waals surface area (Å²) in [5, 5.41) is 5.82. The molecule has 1 saturated heterocycles. The highest BCUT2D eigenvalue weighted by molar-refractivity contribution is 7.13. The smallest absolute Gasteiger partial charge is 0.332 e. The second-order valence-electron chi connectivity index (χ2n) is 5.58. The van der Waals surface area contributed by atoms with Crippen LogP contribution in [0.1, 0.15) is 12.8 Å². The van der Waals surface area contributed by atoms with Crippen molar-refractivity contribution < 1.29 is 14.1 Å². The molecular weight excluding hydrogens is 340 g/mol. The zero-order valence-corrected chi connectivity index (χ0v) is 14.1. The molecule has 2 aromatic heterocycles. The van der Waals surface area contributed by atoms with Crippen molar-refractivity contribution >= 4 is 29.0 Å². The summed E-state index contributed by atoms with van der Waals surface area (Å²) in [5.41, 5.74) is 0.681. The molecule has 1 fully saturated rings. The van der Waals surface area contributed by atoms with Crippen LogP contribution in [0.5, 0.6) is 0 Å². The summed E-state index contributed by atoms with van der Waals surface area (Å²) < 4.78 is 5.20. The third-order valence-electron chi connectivity index (χ3n) is 3.99. The molecule has 1 aliphatic rings. The van der Waals surface area contributed by atoms with Gasteiger partial charge in [-0.2, -0.15) is 4.98 Å². The molecule has 8 heteroatoms. The van der Waals surface area contributed by atoms with Gasteiger partial charge in [0, 0.05) is 5.69 Å². The number of carbonyl (C=O) groups is 2. The summed E-state index contributed by atoms with van der Waals surface area (Å²) in [6.45, 7) is 1.67. The maximum Gasteiger partial charge on any atom is 0.332 e. The average Bonchev–Trinajstić information content (AvgIpc) is 3.34. The predicted octanol–water partition coefficient (Wildman–Crippen LogP) is 3.16. The van der Waals surface area contributed by atoms with Gasteiger partial charge in [-0.3, -0.25) is 14.6 Å². The third-order valence-corrected chi connectivity index (χ3v) is 4.85. The first-order valence-electron chi connectivity index (χ1n) is 7.71. The molecule has 0 radical (unpaired) electrons. The predicted molar refractivity (Wildman–Crippen MR) is 91.9 cm³/mol. The Hall–Kier alpha value is -3.00. The third kappa shape index (κ3) is 2.70. The number of amides is 3. The molecule has 0 bridgehead atoms. The number of hydrogen-bond donors (Lipinski definition) is 0. The number of urea groups is 1. The summed E-state index contributed by atoms with van der Waals surface area (Å²) in [6, 6.07) is 11.9. The fraction of sp³-hybridized carbons (Fsp3) is 0.176. The number of para-hydroxylation sites is 1. The van der Waals surface area contributed by atoms with Crippen molar-refractivity contribution in [1.82, 2.24) is 15.0 Å². The van der Waals surface area contributed by atoms with Gasteiger partial charge in [0.15, 0.2) is 0 Å². The Balaban J connectivity index is 1.57. The normalized spacial score (nSPS) is 17.6. The molecule has 0 aliphatic carbocycles. The molecule has 1 aromatic carbocycles. The van der Waals surface area contributed by atoms with Crippen LogP contribution < -0.4 is 4.90 Å². The quantitative estimate of drug-likeness (QED) is 0.673. The van der Waals surface area contributed by atoms with Gasteiger partial charge >= 0.3 is 6.03 Å². The van der Waals surface area contributed by atoms with E-state index in [9.17, 15) is 9.59 Å². The molecule has 0 N–H and O–H groups in total. The fourth-order valence-corrected chi connectivity index (χ4v) is 3.40. The lowest BCUT2D eigenvalue weighted by atomic mass is 10.2. The van der Waals surface area contributed by atoms with Crippen molar-refractivity contribution in [1.29, 1.82) is 0 Å². The Morgan fingerprint density at radius 3 is 2.68 bits per heavy atom. The van der Waals surface area contributed by atoms with Crippen LogP contribution in [0.3, 0.4) is 0 Å². The number of benzene rings is 1. The first-order chi connectivity index (χ1) is 12.1. The Morgan fingerprint density at radius 1 is 1.16 bits per heavy atom.